The minimum absolute atomic E-state index is 0.0256. The first-order chi connectivity index (χ1) is 10.5. The van der Waals surface area contributed by atoms with Gasteiger partial charge in [-0.15, -0.1) is 0 Å². The van der Waals surface area contributed by atoms with Gasteiger partial charge in [-0.1, -0.05) is 38.3 Å². The number of hydrogen-bond donors (Lipinski definition) is 2. The van der Waals surface area contributed by atoms with Gasteiger partial charge < -0.3 is 10.6 Å². The van der Waals surface area contributed by atoms with Gasteiger partial charge in [-0.3, -0.25) is 9.59 Å². The van der Waals surface area contributed by atoms with E-state index in [1.165, 1.54) is 0 Å². The highest BCUT2D eigenvalue weighted by molar-refractivity contribution is 6.30. The number of nitrogens with one attached hydrogen (secondary N) is 2. The number of halogens is 1. The van der Waals surface area contributed by atoms with Crippen LogP contribution in [0.4, 0.5) is 0 Å². The minimum Gasteiger partial charge on any atom is -0.352 e. The molecule has 2 rings (SSSR count). The van der Waals surface area contributed by atoms with E-state index < -0.39 is 6.04 Å². The standard InChI is InChI=1S/C17H23ClN2O2/c1-11(2)15(17(22)19-14-5-3-4-6-14)20-16(21)12-7-9-13(18)10-8-12/h7-11,14-15H,3-6H2,1-2H3,(H,19,22)(H,20,21)/t15-/m0/s1. The van der Waals surface area contributed by atoms with Crippen LogP contribution in [0.1, 0.15) is 49.9 Å². The van der Waals surface area contributed by atoms with Gasteiger partial charge in [-0.05, 0) is 43.0 Å². The molecule has 0 radical (unpaired) electrons. The van der Waals surface area contributed by atoms with Gasteiger partial charge in [0.05, 0.1) is 0 Å². The van der Waals surface area contributed by atoms with Crippen molar-refractivity contribution in [1.82, 2.24) is 10.6 Å². The van der Waals surface area contributed by atoms with E-state index in [-0.39, 0.29) is 23.8 Å². The van der Waals surface area contributed by atoms with Crippen molar-refractivity contribution in [3.05, 3.63) is 34.9 Å². The fourth-order valence-corrected chi connectivity index (χ4v) is 2.85. The first kappa shape index (κ1) is 16.8. The zero-order valence-electron chi connectivity index (χ0n) is 13.1. The summed E-state index contributed by atoms with van der Waals surface area (Å²) in [6, 6.07) is 6.37. The monoisotopic (exact) mass is 322 g/mol. The summed E-state index contributed by atoms with van der Waals surface area (Å²) in [7, 11) is 0. The topological polar surface area (TPSA) is 58.2 Å². The largest absolute Gasteiger partial charge is 0.352 e. The molecule has 0 bridgehead atoms. The predicted molar refractivity (Wildman–Crippen MR) is 87.9 cm³/mol. The van der Waals surface area contributed by atoms with Gasteiger partial charge in [-0.25, -0.2) is 0 Å². The van der Waals surface area contributed by atoms with Crippen LogP contribution in [-0.4, -0.2) is 23.9 Å². The van der Waals surface area contributed by atoms with Gasteiger partial charge in [0, 0.05) is 16.6 Å². The van der Waals surface area contributed by atoms with Crippen molar-refractivity contribution >= 4 is 23.4 Å². The average Bonchev–Trinajstić information content (AvgIpc) is 2.97. The summed E-state index contributed by atoms with van der Waals surface area (Å²) in [4.78, 5) is 24.7. The molecule has 0 aliphatic heterocycles. The third-order valence-electron chi connectivity index (χ3n) is 4.04. The molecule has 0 aromatic heterocycles. The lowest BCUT2D eigenvalue weighted by molar-refractivity contribution is -0.124. The first-order valence-corrected chi connectivity index (χ1v) is 8.22. The van der Waals surface area contributed by atoms with Gasteiger partial charge in [0.1, 0.15) is 6.04 Å². The lowest BCUT2D eigenvalue weighted by Crippen LogP contribution is -2.51. The average molecular weight is 323 g/mol. The summed E-state index contributed by atoms with van der Waals surface area (Å²) in [5.41, 5.74) is 0.503. The number of benzene rings is 1. The van der Waals surface area contributed by atoms with Crippen LogP contribution in [0.15, 0.2) is 24.3 Å². The maximum Gasteiger partial charge on any atom is 0.251 e. The SMILES string of the molecule is CC(C)[C@H](NC(=O)c1ccc(Cl)cc1)C(=O)NC1CCCC1. The summed E-state index contributed by atoms with van der Waals surface area (Å²) < 4.78 is 0. The molecule has 4 nitrogen and oxygen atoms in total. The molecular formula is C17H23ClN2O2. The molecule has 1 aliphatic carbocycles. The van der Waals surface area contributed by atoms with Crippen molar-refractivity contribution in [2.24, 2.45) is 5.92 Å². The summed E-state index contributed by atoms with van der Waals surface area (Å²) in [5.74, 6) is -0.321. The maximum absolute atomic E-state index is 12.4. The summed E-state index contributed by atoms with van der Waals surface area (Å²) in [5, 5.41) is 6.46. The van der Waals surface area contributed by atoms with E-state index >= 15 is 0 Å². The molecule has 0 unspecified atom stereocenters. The normalized spacial score (nSPS) is 16.5. The van der Waals surface area contributed by atoms with Gasteiger partial charge in [0.25, 0.3) is 5.91 Å². The molecule has 0 spiro atoms. The zero-order chi connectivity index (χ0) is 16.1. The Hall–Kier alpha value is -1.55. The number of amides is 2. The molecule has 1 aliphatic rings. The fraction of sp³-hybridized carbons (Fsp3) is 0.529. The van der Waals surface area contributed by atoms with Crippen molar-refractivity contribution in [1.29, 1.82) is 0 Å². The van der Waals surface area contributed by atoms with E-state index in [1.807, 2.05) is 13.8 Å². The fourth-order valence-electron chi connectivity index (χ4n) is 2.72. The molecule has 1 fully saturated rings. The Morgan fingerprint density at radius 2 is 1.73 bits per heavy atom. The summed E-state index contributed by atoms with van der Waals surface area (Å²) in [6.45, 7) is 3.86. The molecular weight excluding hydrogens is 300 g/mol. The highest BCUT2D eigenvalue weighted by atomic mass is 35.5. The predicted octanol–water partition coefficient (Wildman–Crippen LogP) is 3.15. The van der Waals surface area contributed by atoms with E-state index in [0.717, 1.165) is 25.7 Å². The smallest absolute Gasteiger partial charge is 0.251 e. The molecule has 0 saturated heterocycles. The van der Waals surface area contributed by atoms with Gasteiger partial charge >= 0.3 is 0 Å². The molecule has 2 N–H and O–H groups in total. The van der Waals surface area contributed by atoms with Crippen molar-refractivity contribution in [3.63, 3.8) is 0 Å². The molecule has 1 atom stereocenters. The van der Waals surface area contributed by atoms with E-state index in [9.17, 15) is 9.59 Å². The maximum atomic E-state index is 12.4. The third-order valence-corrected chi connectivity index (χ3v) is 4.30. The number of rotatable bonds is 5. The van der Waals surface area contributed by atoms with E-state index in [2.05, 4.69) is 10.6 Å². The Morgan fingerprint density at radius 1 is 1.14 bits per heavy atom. The first-order valence-electron chi connectivity index (χ1n) is 7.84. The molecule has 1 saturated carbocycles. The number of carbonyl (C=O) groups excluding carboxylic acids is 2. The van der Waals surface area contributed by atoms with Crippen LogP contribution in [-0.2, 0) is 4.79 Å². The van der Waals surface area contributed by atoms with Crippen molar-refractivity contribution in [2.45, 2.75) is 51.6 Å². The molecule has 0 heterocycles. The lowest BCUT2D eigenvalue weighted by Gasteiger charge is -2.24. The molecule has 120 valence electrons. The molecule has 1 aromatic carbocycles. The van der Waals surface area contributed by atoms with Crippen LogP contribution in [0.2, 0.25) is 5.02 Å². The Labute approximate surface area is 136 Å². The Balaban J connectivity index is 1.99. The van der Waals surface area contributed by atoms with E-state index in [1.54, 1.807) is 24.3 Å². The highest BCUT2D eigenvalue weighted by Gasteiger charge is 2.27. The van der Waals surface area contributed by atoms with Gasteiger partial charge in [0.15, 0.2) is 0 Å². The van der Waals surface area contributed by atoms with Gasteiger partial charge in [-0.2, -0.15) is 0 Å². The van der Waals surface area contributed by atoms with E-state index in [0.29, 0.717) is 10.6 Å². The molecule has 22 heavy (non-hydrogen) atoms. The zero-order valence-corrected chi connectivity index (χ0v) is 13.8. The number of carbonyl (C=O) groups is 2. The Bertz CT molecular complexity index is 522. The van der Waals surface area contributed by atoms with Crippen LogP contribution in [0.5, 0.6) is 0 Å². The second-order valence-electron chi connectivity index (χ2n) is 6.19. The van der Waals surface area contributed by atoms with Crippen molar-refractivity contribution in [2.75, 3.05) is 0 Å². The highest BCUT2D eigenvalue weighted by Crippen LogP contribution is 2.18. The second-order valence-corrected chi connectivity index (χ2v) is 6.63. The van der Waals surface area contributed by atoms with Crippen LogP contribution < -0.4 is 10.6 Å². The third kappa shape index (κ3) is 4.47. The summed E-state index contributed by atoms with van der Waals surface area (Å²) >= 11 is 5.82. The van der Waals surface area contributed by atoms with Crippen LogP contribution >= 0.6 is 11.6 Å². The Kier molecular flexibility index (Phi) is 5.83. The van der Waals surface area contributed by atoms with Crippen LogP contribution in [0, 0.1) is 5.92 Å². The Morgan fingerprint density at radius 3 is 2.27 bits per heavy atom. The number of hydrogen-bond acceptors (Lipinski definition) is 2. The van der Waals surface area contributed by atoms with Crippen LogP contribution in [0.25, 0.3) is 0 Å². The van der Waals surface area contributed by atoms with E-state index in [4.69, 9.17) is 11.6 Å². The second kappa shape index (κ2) is 7.63. The molecule has 1 aromatic rings. The van der Waals surface area contributed by atoms with Crippen LogP contribution in [0.3, 0.4) is 0 Å². The van der Waals surface area contributed by atoms with Crippen molar-refractivity contribution in [3.8, 4) is 0 Å². The molecule has 2 amide bonds. The lowest BCUT2D eigenvalue weighted by atomic mass is 10.0. The quantitative estimate of drug-likeness (QED) is 0.875. The molecule has 5 heteroatoms. The minimum atomic E-state index is -0.524. The summed E-state index contributed by atoms with van der Waals surface area (Å²) in [6.07, 6.45) is 4.38. The van der Waals surface area contributed by atoms with Crippen molar-refractivity contribution < 1.29 is 9.59 Å². The van der Waals surface area contributed by atoms with Gasteiger partial charge in [0.2, 0.25) is 5.91 Å².